The molecule has 0 aliphatic rings. The summed E-state index contributed by atoms with van der Waals surface area (Å²) >= 11 is 5.94. The first kappa shape index (κ1) is 13.8. The van der Waals surface area contributed by atoms with E-state index in [1.165, 1.54) is 14.2 Å². The van der Waals surface area contributed by atoms with Gasteiger partial charge in [-0.25, -0.2) is 0 Å². The average molecular weight is 259 g/mol. The zero-order valence-electron chi connectivity index (χ0n) is 9.77. The van der Waals surface area contributed by atoms with Crippen molar-refractivity contribution in [3.63, 3.8) is 0 Å². The molecule has 0 fully saturated rings. The van der Waals surface area contributed by atoms with Crippen LogP contribution < -0.4 is 4.74 Å². The minimum absolute atomic E-state index is 0.168. The molecule has 17 heavy (non-hydrogen) atoms. The molecule has 1 aromatic rings. The monoisotopic (exact) mass is 258 g/mol. The molecule has 1 unspecified atom stereocenters. The minimum Gasteiger partial charge on any atom is -0.495 e. The Morgan fingerprint density at radius 3 is 2.71 bits per heavy atom. The van der Waals surface area contributed by atoms with E-state index in [1.807, 2.05) is 0 Å². The minimum atomic E-state index is -0.738. The van der Waals surface area contributed by atoms with E-state index in [1.54, 1.807) is 18.2 Å². The van der Waals surface area contributed by atoms with E-state index < -0.39 is 6.10 Å². The molecule has 94 valence electrons. The highest BCUT2D eigenvalue weighted by molar-refractivity contribution is 6.32. The van der Waals surface area contributed by atoms with E-state index in [4.69, 9.17) is 16.3 Å². The van der Waals surface area contributed by atoms with Crippen molar-refractivity contribution in [3.05, 3.63) is 28.8 Å². The number of methoxy groups -OCH3 is 2. The number of hydrogen-bond acceptors (Lipinski definition) is 4. The van der Waals surface area contributed by atoms with Crippen LogP contribution in [0.15, 0.2) is 18.2 Å². The van der Waals surface area contributed by atoms with Gasteiger partial charge in [0.25, 0.3) is 0 Å². The molecule has 0 aromatic heterocycles. The zero-order valence-corrected chi connectivity index (χ0v) is 10.5. The number of ether oxygens (including phenoxy) is 2. The van der Waals surface area contributed by atoms with Gasteiger partial charge >= 0.3 is 5.97 Å². The first-order valence-corrected chi connectivity index (χ1v) is 5.54. The van der Waals surface area contributed by atoms with Crippen molar-refractivity contribution in [1.29, 1.82) is 0 Å². The summed E-state index contributed by atoms with van der Waals surface area (Å²) in [6.07, 6.45) is -0.270. The molecular weight excluding hydrogens is 244 g/mol. The number of halogens is 1. The summed E-state index contributed by atoms with van der Waals surface area (Å²) < 4.78 is 9.51. The second-order valence-electron chi connectivity index (χ2n) is 3.52. The molecular formula is C12H15ClO4. The summed E-state index contributed by atoms with van der Waals surface area (Å²) in [6, 6.07) is 5.02. The Kier molecular flexibility index (Phi) is 5.25. The standard InChI is InChI=1S/C12H15ClO4/c1-16-11-5-3-8(7-9(11)13)10(14)4-6-12(15)17-2/h3,5,7,10,14H,4,6H2,1-2H3. The Balaban J connectivity index is 2.66. The predicted octanol–water partition coefficient (Wildman–Crippen LogP) is 2.34. The van der Waals surface area contributed by atoms with E-state index in [0.717, 1.165) is 0 Å². The van der Waals surface area contributed by atoms with Crippen LogP contribution in [0.3, 0.4) is 0 Å². The molecule has 5 heteroatoms. The molecule has 1 N–H and O–H groups in total. The van der Waals surface area contributed by atoms with Crippen molar-refractivity contribution < 1.29 is 19.4 Å². The van der Waals surface area contributed by atoms with Crippen LogP contribution in [0.5, 0.6) is 5.75 Å². The molecule has 0 saturated carbocycles. The maximum absolute atomic E-state index is 10.9. The van der Waals surface area contributed by atoms with Gasteiger partial charge in [0.2, 0.25) is 0 Å². The van der Waals surface area contributed by atoms with Crippen LogP contribution in [0.4, 0.5) is 0 Å². The normalized spacial score (nSPS) is 12.0. The lowest BCUT2D eigenvalue weighted by Crippen LogP contribution is -2.05. The fraction of sp³-hybridized carbons (Fsp3) is 0.417. The third kappa shape index (κ3) is 3.91. The third-order valence-electron chi connectivity index (χ3n) is 2.41. The molecule has 0 saturated heterocycles. The second kappa shape index (κ2) is 6.47. The van der Waals surface area contributed by atoms with Gasteiger partial charge in [-0.3, -0.25) is 4.79 Å². The lowest BCUT2D eigenvalue weighted by molar-refractivity contribution is -0.141. The number of benzene rings is 1. The lowest BCUT2D eigenvalue weighted by atomic mass is 10.0. The molecule has 1 rings (SSSR count). The Morgan fingerprint density at radius 2 is 2.18 bits per heavy atom. The Morgan fingerprint density at radius 1 is 1.47 bits per heavy atom. The Labute approximate surface area is 105 Å². The van der Waals surface area contributed by atoms with Crippen LogP contribution in [-0.2, 0) is 9.53 Å². The van der Waals surface area contributed by atoms with Gasteiger partial charge in [-0.1, -0.05) is 17.7 Å². The second-order valence-corrected chi connectivity index (χ2v) is 3.93. The number of rotatable bonds is 5. The SMILES string of the molecule is COC(=O)CCC(O)c1ccc(OC)c(Cl)c1. The van der Waals surface area contributed by atoms with E-state index in [2.05, 4.69) is 4.74 Å². The van der Waals surface area contributed by atoms with Gasteiger partial charge in [-0.15, -0.1) is 0 Å². The Hall–Kier alpha value is -1.26. The molecule has 0 aliphatic heterocycles. The van der Waals surface area contributed by atoms with Crippen LogP contribution in [0.25, 0.3) is 0 Å². The molecule has 0 spiro atoms. The van der Waals surface area contributed by atoms with Crippen LogP contribution >= 0.6 is 11.6 Å². The van der Waals surface area contributed by atoms with Crippen molar-refractivity contribution in [2.45, 2.75) is 18.9 Å². The van der Waals surface area contributed by atoms with Crippen molar-refractivity contribution in [3.8, 4) is 5.75 Å². The summed E-state index contributed by atoms with van der Waals surface area (Å²) in [7, 11) is 2.84. The fourth-order valence-electron chi connectivity index (χ4n) is 1.41. The predicted molar refractivity (Wildman–Crippen MR) is 64.2 cm³/mol. The largest absolute Gasteiger partial charge is 0.495 e. The van der Waals surface area contributed by atoms with E-state index in [0.29, 0.717) is 22.8 Å². The van der Waals surface area contributed by atoms with Gasteiger partial charge in [0.15, 0.2) is 0 Å². The quantitative estimate of drug-likeness (QED) is 0.824. The maximum Gasteiger partial charge on any atom is 0.305 e. The van der Waals surface area contributed by atoms with Gasteiger partial charge < -0.3 is 14.6 Å². The number of carbonyl (C=O) groups is 1. The Bertz CT molecular complexity index is 392. The van der Waals surface area contributed by atoms with Gasteiger partial charge in [0, 0.05) is 6.42 Å². The highest BCUT2D eigenvalue weighted by atomic mass is 35.5. The maximum atomic E-state index is 10.9. The molecule has 0 aliphatic carbocycles. The van der Waals surface area contributed by atoms with Gasteiger partial charge in [0.1, 0.15) is 5.75 Å². The summed E-state index contributed by atoms with van der Waals surface area (Å²) in [5, 5.41) is 10.3. The van der Waals surface area contributed by atoms with Crippen molar-refractivity contribution in [2.75, 3.05) is 14.2 Å². The number of esters is 1. The van der Waals surface area contributed by atoms with E-state index >= 15 is 0 Å². The average Bonchev–Trinajstić information content (AvgIpc) is 2.35. The molecule has 1 aromatic carbocycles. The van der Waals surface area contributed by atoms with Gasteiger partial charge in [0.05, 0.1) is 25.3 Å². The van der Waals surface area contributed by atoms with E-state index in [-0.39, 0.29) is 12.4 Å². The first-order chi connectivity index (χ1) is 8.08. The lowest BCUT2D eigenvalue weighted by Gasteiger charge is -2.12. The number of carbonyl (C=O) groups excluding carboxylic acids is 1. The van der Waals surface area contributed by atoms with Crippen LogP contribution in [0.1, 0.15) is 24.5 Å². The molecule has 0 bridgehead atoms. The fourth-order valence-corrected chi connectivity index (χ4v) is 1.68. The summed E-state index contributed by atoms with van der Waals surface area (Å²) in [5.41, 5.74) is 0.653. The smallest absolute Gasteiger partial charge is 0.305 e. The highest BCUT2D eigenvalue weighted by Gasteiger charge is 2.12. The molecule has 0 heterocycles. The number of aliphatic hydroxyl groups is 1. The number of hydrogen-bond donors (Lipinski definition) is 1. The summed E-state index contributed by atoms with van der Waals surface area (Å²) in [6.45, 7) is 0. The van der Waals surface area contributed by atoms with Crippen LogP contribution in [-0.4, -0.2) is 25.3 Å². The van der Waals surface area contributed by atoms with E-state index in [9.17, 15) is 9.90 Å². The van der Waals surface area contributed by atoms with Gasteiger partial charge in [-0.2, -0.15) is 0 Å². The first-order valence-electron chi connectivity index (χ1n) is 5.16. The van der Waals surface area contributed by atoms with Crippen LogP contribution in [0, 0.1) is 0 Å². The summed E-state index contributed by atoms with van der Waals surface area (Å²) in [4.78, 5) is 10.9. The topological polar surface area (TPSA) is 55.8 Å². The summed E-state index contributed by atoms with van der Waals surface area (Å²) in [5.74, 6) is 0.208. The number of aliphatic hydroxyl groups excluding tert-OH is 1. The molecule has 0 radical (unpaired) electrons. The molecule has 1 atom stereocenters. The zero-order chi connectivity index (χ0) is 12.8. The molecule has 0 amide bonds. The molecule has 4 nitrogen and oxygen atoms in total. The van der Waals surface area contributed by atoms with Crippen LogP contribution in [0.2, 0.25) is 5.02 Å². The third-order valence-corrected chi connectivity index (χ3v) is 2.71. The van der Waals surface area contributed by atoms with Crippen molar-refractivity contribution >= 4 is 17.6 Å². The highest BCUT2D eigenvalue weighted by Crippen LogP contribution is 2.29. The van der Waals surface area contributed by atoms with Crippen molar-refractivity contribution in [2.24, 2.45) is 0 Å². The van der Waals surface area contributed by atoms with Gasteiger partial charge in [-0.05, 0) is 24.1 Å². The van der Waals surface area contributed by atoms with Crippen molar-refractivity contribution in [1.82, 2.24) is 0 Å².